The van der Waals surface area contributed by atoms with Crippen molar-refractivity contribution in [1.82, 2.24) is 9.80 Å². The molecule has 0 aromatic heterocycles. The molecule has 2 aliphatic heterocycles. The van der Waals surface area contributed by atoms with Crippen LogP contribution in [0.2, 0.25) is 0 Å². The van der Waals surface area contributed by atoms with Gasteiger partial charge < -0.3 is 5.73 Å². The fraction of sp³-hybridized carbons (Fsp3) is 0.273. The van der Waals surface area contributed by atoms with Crippen LogP contribution in [0, 0.1) is 34.8 Å². The SMILES string of the molecule is C#CCN1Cc2ccc(N)cc2C1.C#CCN1Cc2ccc([N+](=O)[O-])cc2C1. The Hall–Kier alpha value is -3.32. The summed E-state index contributed by atoms with van der Waals surface area (Å²) in [7, 11) is 0. The van der Waals surface area contributed by atoms with Gasteiger partial charge in [0.15, 0.2) is 0 Å². The highest BCUT2D eigenvalue weighted by molar-refractivity contribution is 5.46. The molecule has 2 aromatic rings. The molecule has 2 heterocycles. The first kappa shape index (κ1) is 19.4. The molecule has 0 aliphatic carbocycles. The number of nitrogens with zero attached hydrogens (tertiary/aromatic N) is 3. The molecule has 0 saturated carbocycles. The zero-order chi connectivity index (χ0) is 20.1. The van der Waals surface area contributed by atoms with E-state index in [1.54, 1.807) is 6.07 Å². The monoisotopic (exact) mass is 374 g/mol. The fourth-order valence-electron chi connectivity index (χ4n) is 3.53. The van der Waals surface area contributed by atoms with Gasteiger partial charge in [-0.2, -0.15) is 0 Å². The van der Waals surface area contributed by atoms with Crippen LogP contribution in [0.5, 0.6) is 0 Å². The van der Waals surface area contributed by atoms with E-state index in [2.05, 4.69) is 27.7 Å². The van der Waals surface area contributed by atoms with Crippen LogP contribution in [0.3, 0.4) is 0 Å². The average molecular weight is 374 g/mol. The zero-order valence-electron chi connectivity index (χ0n) is 15.6. The molecule has 0 bridgehead atoms. The summed E-state index contributed by atoms with van der Waals surface area (Å²) in [4.78, 5) is 14.5. The Morgan fingerprint density at radius 1 is 0.893 bits per heavy atom. The van der Waals surface area contributed by atoms with E-state index in [-0.39, 0.29) is 10.6 Å². The van der Waals surface area contributed by atoms with Crippen LogP contribution in [0.15, 0.2) is 36.4 Å². The van der Waals surface area contributed by atoms with E-state index in [0.29, 0.717) is 19.6 Å². The number of fused-ring (bicyclic) bond motifs is 2. The Labute approximate surface area is 165 Å². The van der Waals surface area contributed by atoms with E-state index in [4.69, 9.17) is 18.6 Å². The Morgan fingerprint density at radius 2 is 1.39 bits per heavy atom. The van der Waals surface area contributed by atoms with Gasteiger partial charge >= 0.3 is 0 Å². The molecule has 0 unspecified atom stereocenters. The van der Waals surface area contributed by atoms with Crippen molar-refractivity contribution in [1.29, 1.82) is 0 Å². The first-order valence-electron chi connectivity index (χ1n) is 8.95. The van der Waals surface area contributed by atoms with Crippen LogP contribution in [-0.4, -0.2) is 27.8 Å². The smallest absolute Gasteiger partial charge is 0.269 e. The molecule has 2 aromatic carbocycles. The molecule has 0 saturated heterocycles. The predicted molar refractivity (Wildman–Crippen MR) is 110 cm³/mol. The van der Waals surface area contributed by atoms with Crippen molar-refractivity contribution in [2.75, 3.05) is 18.8 Å². The summed E-state index contributed by atoms with van der Waals surface area (Å²) in [6.45, 7) is 4.69. The van der Waals surface area contributed by atoms with Gasteiger partial charge in [0.2, 0.25) is 0 Å². The summed E-state index contributed by atoms with van der Waals surface area (Å²) in [5.74, 6) is 5.23. The molecule has 0 atom stereocenters. The highest BCUT2D eigenvalue weighted by Gasteiger charge is 2.20. The van der Waals surface area contributed by atoms with E-state index < -0.39 is 0 Å². The largest absolute Gasteiger partial charge is 0.399 e. The topological polar surface area (TPSA) is 75.6 Å². The van der Waals surface area contributed by atoms with Gasteiger partial charge in [0.25, 0.3) is 5.69 Å². The quantitative estimate of drug-likeness (QED) is 0.387. The maximum Gasteiger partial charge on any atom is 0.269 e. The number of non-ortho nitro benzene ring substituents is 1. The Balaban J connectivity index is 0.000000162. The first-order valence-corrected chi connectivity index (χ1v) is 8.95. The minimum Gasteiger partial charge on any atom is -0.399 e. The van der Waals surface area contributed by atoms with E-state index in [9.17, 15) is 10.1 Å². The summed E-state index contributed by atoms with van der Waals surface area (Å²) in [6, 6.07) is 11.0. The van der Waals surface area contributed by atoms with Crippen LogP contribution >= 0.6 is 0 Å². The van der Waals surface area contributed by atoms with Crippen LogP contribution in [0.4, 0.5) is 11.4 Å². The third kappa shape index (κ3) is 4.50. The molecule has 6 heteroatoms. The summed E-state index contributed by atoms with van der Waals surface area (Å²) >= 11 is 0. The minimum absolute atomic E-state index is 0.149. The number of nitrogen functional groups attached to an aromatic ring is 1. The van der Waals surface area contributed by atoms with E-state index in [0.717, 1.165) is 36.4 Å². The number of hydrogen-bond donors (Lipinski definition) is 1. The number of nitro groups is 1. The lowest BCUT2D eigenvalue weighted by Crippen LogP contribution is -2.15. The van der Waals surface area contributed by atoms with Crippen molar-refractivity contribution in [2.45, 2.75) is 26.2 Å². The number of terminal acetylenes is 2. The molecule has 2 aliphatic rings. The Kier molecular flexibility index (Phi) is 5.96. The second kappa shape index (κ2) is 8.58. The Morgan fingerprint density at radius 3 is 1.93 bits per heavy atom. The highest BCUT2D eigenvalue weighted by atomic mass is 16.6. The van der Waals surface area contributed by atoms with Gasteiger partial charge in [-0.25, -0.2) is 0 Å². The number of nitrogens with two attached hydrogens (primary N) is 1. The van der Waals surface area contributed by atoms with E-state index in [1.807, 2.05) is 18.2 Å². The maximum atomic E-state index is 10.6. The van der Waals surface area contributed by atoms with E-state index >= 15 is 0 Å². The van der Waals surface area contributed by atoms with Crippen molar-refractivity contribution in [2.24, 2.45) is 0 Å². The molecule has 6 nitrogen and oxygen atoms in total. The lowest BCUT2D eigenvalue weighted by atomic mass is 10.1. The molecule has 0 fully saturated rings. The molecular formula is C22H22N4O2. The van der Waals surface area contributed by atoms with Gasteiger partial charge in [-0.15, -0.1) is 12.8 Å². The molecular weight excluding hydrogens is 352 g/mol. The lowest BCUT2D eigenvalue weighted by molar-refractivity contribution is -0.384. The third-order valence-corrected chi connectivity index (χ3v) is 4.84. The summed E-state index contributed by atoms with van der Waals surface area (Å²) in [5, 5.41) is 10.6. The van der Waals surface area contributed by atoms with Crippen LogP contribution in [0.1, 0.15) is 22.3 Å². The zero-order valence-corrected chi connectivity index (χ0v) is 15.6. The summed E-state index contributed by atoms with van der Waals surface area (Å²) in [5.41, 5.74) is 11.5. The number of anilines is 1. The summed E-state index contributed by atoms with van der Waals surface area (Å²) < 4.78 is 0. The third-order valence-electron chi connectivity index (χ3n) is 4.84. The van der Waals surface area contributed by atoms with Gasteiger partial charge in [0.1, 0.15) is 0 Å². The summed E-state index contributed by atoms with van der Waals surface area (Å²) in [6.07, 6.45) is 10.5. The fourth-order valence-corrected chi connectivity index (χ4v) is 3.53. The second-order valence-electron chi connectivity index (χ2n) is 6.94. The number of hydrogen-bond acceptors (Lipinski definition) is 5. The van der Waals surface area contributed by atoms with Gasteiger partial charge in [-0.05, 0) is 34.4 Å². The molecule has 4 rings (SSSR count). The molecule has 2 N–H and O–H groups in total. The predicted octanol–water partition coefficient (Wildman–Crippen LogP) is 2.76. The normalized spacial score (nSPS) is 14.9. The van der Waals surface area contributed by atoms with Gasteiger partial charge in [0.05, 0.1) is 18.0 Å². The maximum absolute atomic E-state index is 10.6. The Bertz CT molecular complexity index is 971. The molecule has 0 spiro atoms. The van der Waals surface area contributed by atoms with E-state index in [1.165, 1.54) is 17.2 Å². The van der Waals surface area contributed by atoms with Crippen molar-refractivity contribution < 1.29 is 4.92 Å². The van der Waals surface area contributed by atoms with Crippen molar-refractivity contribution >= 4 is 11.4 Å². The molecule has 28 heavy (non-hydrogen) atoms. The van der Waals surface area contributed by atoms with Crippen molar-refractivity contribution in [3.8, 4) is 24.7 Å². The minimum atomic E-state index is -0.371. The molecule has 0 amide bonds. The number of benzene rings is 2. The molecule has 0 radical (unpaired) electrons. The standard InChI is InChI=1S/C11H10N2O2.C11H12N2/c1-2-5-12-7-9-3-4-11(13(14)15)6-10(9)8-12;1-2-5-13-7-9-3-4-11(12)6-10(9)8-13/h1,3-4,6H,5,7-8H2;1,3-4,6H,5,7-8,12H2. The lowest BCUT2D eigenvalue weighted by Gasteiger charge is -2.08. The van der Waals surface area contributed by atoms with Crippen LogP contribution in [0.25, 0.3) is 0 Å². The second-order valence-corrected chi connectivity index (χ2v) is 6.94. The number of nitro benzene ring substituents is 1. The van der Waals surface area contributed by atoms with Gasteiger partial charge in [0, 0.05) is 44.0 Å². The molecule has 142 valence electrons. The highest BCUT2D eigenvalue weighted by Crippen LogP contribution is 2.26. The van der Waals surface area contributed by atoms with Gasteiger partial charge in [-0.3, -0.25) is 19.9 Å². The van der Waals surface area contributed by atoms with Gasteiger partial charge in [-0.1, -0.05) is 24.0 Å². The average Bonchev–Trinajstić information content (AvgIpc) is 3.24. The van der Waals surface area contributed by atoms with Crippen molar-refractivity contribution in [3.05, 3.63) is 68.8 Å². The van der Waals surface area contributed by atoms with Crippen molar-refractivity contribution in [3.63, 3.8) is 0 Å². The van der Waals surface area contributed by atoms with Crippen LogP contribution in [-0.2, 0) is 26.2 Å². The number of rotatable bonds is 3. The van der Waals surface area contributed by atoms with Crippen LogP contribution < -0.4 is 5.73 Å². The first-order chi connectivity index (χ1) is 13.5.